The lowest BCUT2D eigenvalue weighted by atomic mass is 9.79. The first-order chi connectivity index (χ1) is 10.1. The van der Waals surface area contributed by atoms with Crippen molar-refractivity contribution in [2.24, 2.45) is 5.92 Å². The fraction of sp³-hybridized carbons (Fsp3) is 0.562. The second-order valence-corrected chi connectivity index (χ2v) is 7.87. The molecule has 0 N–H and O–H groups in total. The van der Waals surface area contributed by atoms with Gasteiger partial charge >= 0.3 is 0 Å². The van der Waals surface area contributed by atoms with E-state index in [4.69, 9.17) is 27.9 Å². The van der Waals surface area contributed by atoms with Gasteiger partial charge in [0.15, 0.2) is 5.78 Å². The zero-order valence-electron chi connectivity index (χ0n) is 11.7. The van der Waals surface area contributed by atoms with Crippen molar-refractivity contribution in [2.75, 3.05) is 18.1 Å². The van der Waals surface area contributed by atoms with Crippen molar-refractivity contribution in [3.8, 4) is 0 Å². The highest BCUT2D eigenvalue weighted by Crippen LogP contribution is 2.40. The van der Waals surface area contributed by atoms with Crippen molar-refractivity contribution >= 4 is 40.7 Å². The highest BCUT2D eigenvalue weighted by atomic mass is 35.5. The molecule has 1 unspecified atom stereocenters. The molecular formula is C16H18Cl2O2S. The highest BCUT2D eigenvalue weighted by molar-refractivity contribution is 7.99. The molecule has 0 amide bonds. The Labute approximate surface area is 139 Å². The van der Waals surface area contributed by atoms with Crippen molar-refractivity contribution in [1.29, 1.82) is 0 Å². The quantitative estimate of drug-likeness (QED) is 0.716. The van der Waals surface area contributed by atoms with Gasteiger partial charge in [-0.1, -0.05) is 23.2 Å². The fourth-order valence-corrected chi connectivity index (χ4v) is 4.76. The molecule has 1 aromatic rings. The Morgan fingerprint density at radius 3 is 2.71 bits per heavy atom. The minimum absolute atomic E-state index is 0.0408. The summed E-state index contributed by atoms with van der Waals surface area (Å²) in [4.78, 5) is 12.7. The molecule has 1 atom stereocenters. The number of Topliss-reactive ketones (excluding diaryl/α,β-unsaturated/α-hetero) is 1. The summed E-state index contributed by atoms with van der Waals surface area (Å²) in [6.45, 7) is 0.683. The molecule has 2 fully saturated rings. The van der Waals surface area contributed by atoms with E-state index in [1.165, 1.54) is 0 Å². The molecule has 1 aromatic carbocycles. The van der Waals surface area contributed by atoms with Crippen LogP contribution in [-0.2, 0) is 4.74 Å². The van der Waals surface area contributed by atoms with Crippen LogP contribution in [0.5, 0.6) is 0 Å². The summed E-state index contributed by atoms with van der Waals surface area (Å²) in [5.74, 6) is 2.48. The number of rotatable bonds is 2. The van der Waals surface area contributed by atoms with Gasteiger partial charge in [0.1, 0.15) is 0 Å². The Morgan fingerprint density at radius 1 is 1.24 bits per heavy atom. The van der Waals surface area contributed by atoms with Crippen LogP contribution in [0.1, 0.15) is 36.0 Å². The van der Waals surface area contributed by atoms with Crippen molar-refractivity contribution in [3.05, 3.63) is 33.8 Å². The molecular weight excluding hydrogens is 327 g/mol. The maximum absolute atomic E-state index is 12.7. The van der Waals surface area contributed by atoms with Crippen LogP contribution >= 0.6 is 35.0 Å². The van der Waals surface area contributed by atoms with Crippen LogP contribution in [0.15, 0.2) is 18.2 Å². The normalized spacial score (nSPS) is 25.0. The van der Waals surface area contributed by atoms with Gasteiger partial charge < -0.3 is 4.74 Å². The van der Waals surface area contributed by atoms with Gasteiger partial charge in [-0.15, -0.1) is 0 Å². The average Bonchev–Trinajstić information content (AvgIpc) is 2.50. The van der Waals surface area contributed by atoms with Gasteiger partial charge in [0.05, 0.1) is 15.6 Å². The van der Waals surface area contributed by atoms with Crippen molar-refractivity contribution < 1.29 is 9.53 Å². The first kappa shape index (κ1) is 15.7. The number of carbonyl (C=O) groups excluding carboxylic acids is 1. The largest absolute Gasteiger partial charge is 0.375 e. The lowest BCUT2D eigenvalue weighted by molar-refractivity contribution is -0.0959. The molecule has 1 spiro atoms. The number of ketones is 1. The molecule has 0 aliphatic carbocycles. The third-order valence-corrected chi connectivity index (χ3v) is 6.20. The van der Waals surface area contributed by atoms with E-state index in [1.54, 1.807) is 18.2 Å². The Hall–Kier alpha value is -0.220. The van der Waals surface area contributed by atoms with E-state index in [9.17, 15) is 4.79 Å². The molecule has 0 aromatic heterocycles. The van der Waals surface area contributed by atoms with Gasteiger partial charge in [-0.3, -0.25) is 4.79 Å². The SMILES string of the molecule is O=C(c1ccc(Cl)c(Cl)c1)C1CCOC2(CCSCC2)C1. The van der Waals surface area contributed by atoms with E-state index in [0.717, 1.165) is 37.2 Å². The van der Waals surface area contributed by atoms with E-state index in [1.807, 2.05) is 11.8 Å². The van der Waals surface area contributed by atoms with Crippen LogP contribution < -0.4 is 0 Å². The van der Waals surface area contributed by atoms with Gasteiger partial charge in [-0.25, -0.2) is 0 Å². The molecule has 0 radical (unpaired) electrons. The Balaban J connectivity index is 1.76. The van der Waals surface area contributed by atoms with Crippen LogP contribution in [0.4, 0.5) is 0 Å². The third kappa shape index (κ3) is 3.42. The number of hydrogen-bond donors (Lipinski definition) is 0. The predicted octanol–water partition coefficient (Wildman–Crippen LogP) is 4.87. The molecule has 5 heteroatoms. The molecule has 21 heavy (non-hydrogen) atoms. The molecule has 0 saturated carbocycles. The summed E-state index contributed by atoms with van der Waals surface area (Å²) in [5.41, 5.74) is 0.594. The first-order valence-electron chi connectivity index (χ1n) is 7.31. The summed E-state index contributed by atoms with van der Waals surface area (Å²) in [6.07, 6.45) is 3.76. The van der Waals surface area contributed by atoms with Crippen molar-refractivity contribution in [3.63, 3.8) is 0 Å². The minimum Gasteiger partial charge on any atom is -0.375 e. The lowest BCUT2D eigenvalue weighted by Crippen LogP contribution is -2.44. The summed E-state index contributed by atoms with van der Waals surface area (Å²) in [5, 5.41) is 0.930. The molecule has 2 aliphatic rings. The average molecular weight is 345 g/mol. The van der Waals surface area contributed by atoms with Gasteiger partial charge in [-0.05, 0) is 55.4 Å². The maximum atomic E-state index is 12.7. The highest BCUT2D eigenvalue weighted by Gasteiger charge is 2.41. The maximum Gasteiger partial charge on any atom is 0.166 e. The lowest BCUT2D eigenvalue weighted by Gasteiger charge is -2.42. The third-order valence-electron chi connectivity index (χ3n) is 4.47. The Kier molecular flexibility index (Phi) is 4.84. The summed E-state index contributed by atoms with van der Waals surface area (Å²) < 4.78 is 6.05. The number of halogens is 2. The molecule has 114 valence electrons. The molecule has 2 saturated heterocycles. The molecule has 2 heterocycles. The minimum atomic E-state index is -0.0694. The fourth-order valence-electron chi connectivity index (χ4n) is 3.23. The first-order valence-corrected chi connectivity index (χ1v) is 9.22. The topological polar surface area (TPSA) is 26.3 Å². The zero-order valence-corrected chi connectivity index (χ0v) is 14.1. The monoisotopic (exact) mass is 344 g/mol. The van der Waals surface area contributed by atoms with E-state index < -0.39 is 0 Å². The summed E-state index contributed by atoms with van der Waals surface area (Å²) in [7, 11) is 0. The smallest absolute Gasteiger partial charge is 0.166 e. The van der Waals surface area contributed by atoms with Crippen LogP contribution in [0.2, 0.25) is 10.0 Å². The van der Waals surface area contributed by atoms with E-state index in [2.05, 4.69) is 0 Å². The van der Waals surface area contributed by atoms with Gasteiger partial charge in [-0.2, -0.15) is 11.8 Å². The molecule has 2 aliphatic heterocycles. The molecule has 0 bridgehead atoms. The number of thioether (sulfide) groups is 1. The van der Waals surface area contributed by atoms with Gasteiger partial charge in [0.25, 0.3) is 0 Å². The molecule has 3 rings (SSSR count). The zero-order chi connectivity index (χ0) is 14.9. The predicted molar refractivity (Wildman–Crippen MR) is 88.8 cm³/mol. The number of ether oxygens (including phenoxy) is 1. The van der Waals surface area contributed by atoms with Gasteiger partial charge in [0.2, 0.25) is 0 Å². The van der Waals surface area contributed by atoms with Crippen molar-refractivity contribution in [1.82, 2.24) is 0 Å². The Morgan fingerprint density at radius 2 is 2.00 bits per heavy atom. The number of hydrogen-bond acceptors (Lipinski definition) is 3. The second-order valence-electron chi connectivity index (χ2n) is 5.83. The standard InChI is InChI=1S/C16H18Cl2O2S/c17-13-2-1-11(9-14(13)18)15(19)12-3-6-20-16(10-12)4-7-21-8-5-16/h1-2,9,12H,3-8,10H2. The van der Waals surface area contributed by atoms with E-state index >= 15 is 0 Å². The van der Waals surface area contributed by atoms with Crippen LogP contribution in [0, 0.1) is 5.92 Å². The summed E-state index contributed by atoms with van der Waals surface area (Å²) in [6, 6.07) is 5.16. The van der Waals surface area contributed by atoms with Crippen LogP contribution in [-0.4, -0.2) is 29.5 Å². The summed E-state index contributed by atoms with van der Waals surface area (Å²) >= 11 is 13.9. The molecule has 2 nitrogen and oxygen atoms in total. The Bertz CT molecular complexity index is 536. The second kappa shape index (κ2) is 6.49. The van der Waals surface area contributed by atoms with Gasteiger partial charge in [0, 0.05) is 18.1 Å². The van der Waals surface area contributed by atoms with Crippen molar-refractivity contribution in [2.45, 2.75) is 31.3 Å². The van der Waals surface area contributed by atoms with E-state index in [-0.39, 0.29) is 17.3 Å². The number of carbonyl (C=O) groups is 1. The van der Waals surface area contributed by atoms with E-state index in [0.29, 0.717) is 22.2 Å². The van der Waals surface area contributed by atoms with Crippen LogP contribution in [0.25, 0.3) is 0 Å². The number of benzene rings is 1. The van der Waals surface area contributed by atoms with Crippen LogP contribution in [0.3, 0.4) is 0 Å².